The van der Waals surface area contributed by atoms with E-state index in [1.165, 1.54) is 11.1 Å². The molecule has 0 heterocycles. The molecule has 3 heteroatoms. The minimum Gasteiger partial charge on any atom is -0.496 e. The third-order valence-corrected chi connectivity index (χ3v) is 3.96. The average Bonchev–Trinajstić information content (AvgIpc) is 2.37. The predicted molar refractivity (Wildman–Crippen MR) is 81.7 cm³/mol. The minimum absolute atomic E-state index is 0.0123. The Bertz CT molecular complexity index is 415. The van der Waals surface area contributed by atoms with E-state index >= 15 is 0 Å². The number of hydrogen-bond acceptors (Lipinski definition) is 3. The van der Waals surface area contributed by atoms with Gasteiger partial charge in [-0.25, -0.2) is 0 Å². The second kappa shape index (κ2) is 6.92. The van der Waals surface area contributed by atoms with Crippen LogP contribution in [0, 0.1) is 25.7 Å². The number of ether oxygens (including phenoxy) is 1. The molecule has 1 aromatic carbocycles. The minimum atomic E-state index is -0.0123. The molecule has 2 atom stereocenters. The highest BCUT2D eigenvalue weighted by molar-refractivity contribution is 5.43. The first kappa shape index (κ1) is 16.0. The molecule has 0 aliphatic heterocycles. The standard InChI is InChI=1S/C16H28N2O/c1-10(2)14(9-18-5)16(17)13-7-11(3)12(4)8-15(13)19-6/h7-8,10,14,16,18H,9,17H2,1-6H3. The van der Waals surface area contributed by atoms with Crippen molar-refractivity contribution in [3.8, 4) is 5.75 Å². The molecule has 108 valence electrons. The summed E-state index contributed by atoms with van der Waals surface area (Å²) in [6.45, 7) is 9.56. The van der Waals surface area contributed by atoms with Gasteiger partial charge in [0.1, 0.15) is 5.75 Å². The average molecular weight is 264 g/mol. The van der Waals surface area contributed by atoms with Gasteiger partial charge in [-0.05, 0) is 56.5 Å². The van der Waals surface area contributed by atoms with Crippen LogP contribution in [0.1, 0.15) is 36.6 Å². The van der Waals surface area contributed by atoms with Crippen molar-refractivity contribution in [2.75, 3.05) is 20.7 Å². The Balaban J connectivity index is 3.15. The van der Waals surface area contributed by atoms with Crippen molar-refractivity contribution in [3.05, 3.63) is 28.8 Å². The van der Waals surface area contributed by atoms with Gasteiger partial charge in [0.2, 0.25) is 0 Å². The molecule has 0 aromatic heterocycles. The Morgan fingerprint density at radius 3 is 2.26 bits per heavy atom. The van der Waals surface area contributed by atoms with Gasteiger partial charge >= 0.3 is 0 Å². The topological polar surface area (TPSA) is 47.3 Å². The van der Waals surface area contributed by atoms with E-state index in [1.54, 1.807) is 7.11 Å². The summed E-state index contributed by atoms with van der Waals surface area (Å²) in [5.41, 5.74) is 10.1. The lowest BCUT2D eigenvalue weighted by Gasteiger charge is -2.29. The summed E-state index contributed by atoms with van der Waals surface area (Å²) in [4.78, 5) is 0. The Labute approximate surface area is 117 Å². The Morgan fingerprint density at radius 1 is 1.21 bits per heavy atom. The van der Waals surface area contributed by atoms with Gasteiger partial charge in [-0.1, -0.05) is 19.9 Å². The molecule has 1 rings (SSSR count). The first-order valence-corrected chi connectivity index (χ1v) is 6.97. The van der Waals surface area contributed by atoms with Gasteiger partial charge in [0.15, 0.2) is 0 Å². The van der Waals surface area contributed by atoms with Crippen LogP contribution in [-0.4, -0.2) is 20.7 Å². The van der Waals surface area contributed by atoms with E-state index < -0.39 is 0 Å². The third-order valence-electron chi connectivity index (χ3n) is 3.96. The molecule has 0 amide bonds. The second-order valence-corrected chi connectivity index (χ2v) is 5.67. The summed E-state index contributed by atoms with van der Waals surface area (Å²) in [7, 11) is 3.68. The fraction of sp³-hybridized carbons (Fsp3) is 0.625. The van der Waals surface area contributed by atoms with Crippen LogP contribution in [0.4, 0.5) is 0 Å². The summed E-state index contributed by atoms with van der Waals surface area (Å²) in [5.74, 6) is 1.81. The number of hydrogen-bond donors (Lipinski definition) is 2. The SMILES string of the molecule is CNCC(C(C)C)C(N)c1cc(C)c(C)cc1OC. The number of nitrogens with one attached hydrogen (secondary N) is 1. The normalized spacial score (nSPS) is 14.5. The van der Waals surface area contributed by atoms with Crippen LogP contribution in [0.3, 0.4) is 0 Å². The van der Waals surface area contributed by atoms with Gasteiger partial charge in [0.25, 0.3) is 0 Å². The van der Waals surface area contributed by atoms with Crippen LogP contribution < -0.4 is 15.8 Å². The van der Waals surface area contributed by atoms with Crippen LogP contribution in [0.15, 0.2) is 12.1 Å². The van der Waals surface area contributed by atoms with E-state index in [9.17, 15) is 0 Å². The van der Waals surface area contributed by atoms with Crippen molar-refractivity contribution in [2.45, 2.75) is 33.7 Å². The summed E-state index contributed by atoms with van der Waals surface area (Å²) in [6.07, 6.45) is 0. The number of benzene rings is 1. The van der Waals surface area contributed by atoms with E-state index in [2.05, 4.69) is 45.1 Å². The molecule has 0 aliphatic carbocycles. The zero-order chi connectivity index (χ0) is 14.6. The van der Waals surface area contributed by atoms with Gasteiger partial charge in [0, 0.05) is 11.6 Å². The van der Waals surface area contributed by atoms with Gasteiger partial charge in [-0.15, -0.1) is 0 Å². The predicted octanol–water partition coefficient (Wildman–Crippen LogP) is 2.80. The number of aryl methyl sites for hydroxylation is 2. The molecule has 19 heavy (non-hydrogen) atoms. The summed E-state index contributed by atoms with van der Waals surface area (Å²) in [5, 5.41) is 3.24. The highest BCUT2D eigenvalue weighted by Gasteiger charge is 2.25. The van der Waals surface area contributed by atoms with E-state index in [0.717, 1.165) is 17.9 Å². The zero-order valence-electron chi connectivity index (χ0n) is 13.1. The second-order valence-electron chi connectivity index (χ2n) is 5.67. The lowest BCUT2D eigenvalue weighted by molar-refractivity contribution is 0.306. The molecule has 0 radical (unpaired) electrons. The zero-order valence-corrected chi connectivity index (χ0v) is 13.1. The lowest BCUT2D eigenvalue weighted by Crippen LogP contribution is -2.33. The maximum atomic E-state index is 6.50. The molecular weight excluding hydrogens is 236 g/mol. The smallest absolute Gasteiger partial charge is 0.123 e. The van der Waals surface area contributed by atoms with E-state index in [1.807, 2.05) is 7.05 Å². The highest BCUT2D eigenvalue weighted by atomic mass is 16.5. The van der Waals surface area contributed by atoms with Crippen molar-refractivity contribution >= 4 is 0 Å². The van der Waals surface area contributed by atoms with Gasteiger partial charge in [-0.3, -0.25) is 0 Å². The molecule has 0 saturated carbocycles. The van der Waals surface area contributed by atoms with Gasteiger partial charge in [-0.2, -0.15) is 0 Å². The van der Waals surface area contributed by atoms with Crippen molar-refractivity contribution in [3.63, 3.8) is 0 Å². The monoisotopic (exact) mass is 264 g/mol. The van der Waals surface area contributed by atoms with E-state index in [0.29, 0.717) is 11.8 Å². The fourth-order valence-electron chi connectivity index (χ4n) is 2.49. The Hall–Kier alpha value is -1.06. The van der Waals surface area contributed by atoms with Crippen molar-refractivity contribution in [1.29, 1.82) is 0 Å². The summed E-state index contributed by atoms with van der Waals surface area (Å²) >= 11 is 0. The van der Waals surface area contributed by atoms with Crippen molar-refractivity contribution < 1.29 is 4.74 Å². The van der Waals surface area contributed by atoms with Crippen molar-refractivity contribution in [1.82, 2.24) is 5.32 Å². The first-order chi connectivity index (χ1) is 8.92. The van der Waals surface area contributed by atoms with Crippen LogP contribution in [0.25, 0.3) is 0 Å². The number of rotatable bonds is 6. The maximum Gasteiger partial charge on any atom is 0.123 e. The molecule has 0 spiro atoms. The molecule has 0 aliphatic rings. The number of nitrogens with two attached hydrogens (primary N) is 1. The van der Waals surface area contributed by atoms with Gasteiger partial charge < -0.3 is 15.8 Å². The summed E-state index contributed by atoms with van der Waals surface area (Å²) in [6, 6.07) is 4.24. The molecule has 0 bridgehead atoms. The molecule has 0 fully saturated rings. The highest BCUT2D eigenvalue weighted by Crippen LogP contribution is 2.33. The van der Waals surface area contributed by atoms with Crippen LogP contribution in [0.5, 0.6) is 5.75 Å². The first-order valence-electron chi connectivity index (χ1n) is 6.97. The Morgan fingerprint density at radius 2 is 1.79 bits per heavy atom. The molecule has 3 N–H and O–H groups in total. The van der Waals surface area contributed by atoms with Gasteiger partial charge in [0.05, 0.1) is 7.11 Å². The molecule has 3 nitrogen and oxygen atoms in total. The van der Waals surface area contributed by atoms with E-state index in [4.69, 9.17) is 10.5 Å². The molecule has 1 aromatic rings. The molecule has 0 saturated heterocycles. The summed E-state index contributed by atoms with van der Waals surface area (Å²) < 4.78 is 5.51. The maximum absolute atomic E-state index is 6.50. The molecular formula is C16H28N2O. The Kier molecular flexibility index (Phi) is 5.83. The molecule has 2 unspecified atom stereocenters. The number of methoxy groups -OCH3 is 1. The fourth-order valence-corrected chi connectivity index (χ4v) is 2.49. The largest absolute Gasteiger partial charge is 0.496 e. The van der Waals surface area contributed by atoms with Crippen molar-refractivity contribution in [2.24, 2.45) is 17.6 Å². The van der Waals surface area contributed by atoms with E-state index in [-0.39, 0.29) is 6.04 Å². The van der Waals surface area contributed by atoms with Crippen LogP contribution in [0.2, 0.25) is 0 Å². The lowest BCUT2D eigenvalue weighted by atomic mass is 9.83. The third kappa shape index (κ3) is 3.71. The quantitative estimate of drug-likeness (QED) is 0.830. The van der Waals surface area contributed by atoms with Crippen LogP contribution in [-0.2, 0) is 0 Å². The van der Waals surface area contributed by atoms with Crippen LogP contribution >= 0.6 is 0 Å².